The predicted octanol–water partition coefficient (Wildman–Crippen LogP) is 2.25. The summed E-state index contributed by atoms with van der Waals surface area (Å²) in [4.78, 5) is 2.70. The molecule has 0 radical (unpaired) electrons. The Balaban J connectivity index is 1.72. The summed E-state index contributed by atoms with van der Waals surface area (Å²) < 4.78 is 0. The maximum Gasteiger partial charge on any atom is 0.0153 e. The summed E-state index contributed by atoms with van der Waals surface area (Å²) in [5.41, 5.74) is 0.474. The number of piperidine rings is 1. The van der Waals surface area contributed by atoms with Crippen LogP contribution in [0.5, 0.6) is 0 Å². The fraction of sp³-hybridized carbons (Fsp3) is 1.00. The van der Waals surface area contributed by atoms with Crippen LogP contribution in [0, 0.1) is 5.92 Å². The van der Waals surface area contributed by atoms with E-state index in [1.54, 1.807) is 0 Å². The van der Waals surface area contributed by atoms with Crippen molar-refractivity contribution in [3.05, 3.63) is 0 Å². The Morgan fingerprint density at radius 2 is 2.20 bits per heavy atom. The van der Waals surface area contributed by atoms with E-state index >= 15 is 0 Å². The number of likely N-dealkylation sites (tertiary alicyclic amines) is 1. The van der Waals surface area contributed by atoms with Crippen LogP contribution in [0.3, 0.4) is 0 Å². The molecule has 88 valence electrons. The second-order valence-corrected chi connectivity index (χ2v) is 5.90. The van der Waals surface area contributed by atoms with Crippen molar-refractivity contribution < 1.29 is 0 Å². The Morgan fingerprint density at radius 3 is 2.80 bits per heavy atom. The summed E-state index contributed by atoms with van der Waals surface area (Å²) in [6.07, 6.45) is 7.01. The van der Waals surface area contributed by atoms with Gasteiger partial charge in [0, 0.05) is 5.54 Å². The van der Waals surface area contributed by atoms with Gasteiger partial charge >= 0.3 is 0 Å². The van der Waals surface area contributed by atoms with Gasteiger partial charge in [-0.3, -0.25) is 4.90 Å². The molecule has 2 fully saturated rings. The zero-order valence-electron chi connectivity index (χ0n) is 10.4. The first-order valence-electron chi connectivity index (χ1n) is 6.64. The van der Waals surface area contributed by atoms with Gasteiger partial charge in [0.2, 0.25) is 0 Å². The van der Waals surface area contributed by atoms with Crippen molar-refractivity contribution in [3.63, 3.8) is 0 Å². The fourth-order valence-electron chi connectivity index (χ4n) is 3.09. The highest BCUT2D eigenvalue weighted by Gasteiger charge is 2.31. The van der Waals surface area contributed by atoms with E-state index in [1.165, 1.54) is 58.3 Å². The molecule has 0 bridgehead atoms. The quantitative estimate of drug-likeness (QED) is 0.768. The lowest BCUT2D eigenvalue weighted by atomic mass is 9.95. The van der Waals surface area contributed by atoms with Crippen LogP contribution in [-0.2, 0) is 0 Å². The van der Waals surface area contributed by atoms with Gasteiger partial charge in [0.25, 0.3) is 0 Å². The van der Waals surface area contributed by atoms with Gasteiger partial charge in [-0.25, -0.2) is 0 Å². The van der Waals surface area contributed by atoms with Crippen molar-refractivity contribution in [2.75, 3.05) is 26.2 Å². The minimum atomic E-state index is 0.474. The van der Waals surface area contributed by atoms with Gasteiger partial charge in [0.05, 0.1) is 0 Å². The number of nitrogens with zero attached hydrogens (tertiary/aromatic N) is 1. The van der Waals surface area contributed by atoms with E-state index in [1.807, 2.05) is 0 Å². The van der Waals surface area contributed by atoms with Crippen LogP contribution in [0.1, 0.15) is 46.0 Å². The van der Waals surface area contributed by atoms with E-state index in [0.29, 0.717) is 5.54 Å². The van der Waals surface area contributed by atoms with Crippen LogP contribution >= 0.6 is 0 Å². The molecule has 0 aromatic carbocycles. The van der Waals surface area contributed by atoms with Gasteiger partial charge in [0.1, 0.15) is 0 Å². The van der Waals surface area contributed by atoms with Gasteiger partial charge in [-0.05, 0) is 78.0 Å². The van der Waals surface area contributed by atoms with E-state index < -0.39 is 0 Å². The third-order valence-corrected chi connectivity index (χ3v) is 4.28. The standard InChI is InChI=1S/C13H26N2/c1-13(2)7-4-9-15(13)10-6-12-5-3-8-14-11-12/h12,14H,3-11H2,1-2H3. The monoisotopic (exact) mass is 210 g/mol. The maximum absolute atomic E-state index is 3.51. The van der Waals surface area contributed by atoms with Crippen LogP contribution in [0.4, 0.5) is 0 Å². The van der Waals surface area contributed by atoms with Crippen molar-refractivity contribution in [1.29, 1.82) is 0 Å². The minimum Gasteiger partial charge on any atom is -0.316 e. The third-order valence-electron chi connectivity index (χ3n) is 4.28. The van der Waals surface area contributed by atoms with Gasteiger partial charge in [-0.15, -0.1) is 0 Å². The molecule has 1 N–H and O–H groups in total. The van der Waals surface area contributed by atoms with Crippen LogP contribution in [0.15, 0.2) is 0 Å². The molecule has 15 heavy (non-hydrogen) atoms. The summed E-state index contributed by atoms with van der Waals surface area (Å²) in [6, 6.07) is 0. The molecule has 1 unspecified atom stereocenters. The lowest BCUT2D eigenvalue weighted by molar-refractivity contribution is 0.158. The number of nitrogens with one attached hydrogen (secondary N) is 1. The average molecular weight is 210 g/mol. The van der Waals surface area contributed by atoms with Crippen molar-refractivity contribution in [2.24, 2.45) is 5.92 Å². The van der Waals surface area contributed by atoms with Gasteiger partial charge in [-0.2, -0.15) is 0 Å². The van der Waals surface area contributed by atoms with Crippen LogP contribution in [-0.4, -0.2) is 36.6 Å². The van der Waals surface area contributed by atoms with Gasteiger partial charge < -0.3 is 5.32 Å². The van der Waals surface area contributed by atoms with E-state index in [4.69, 9.17) is 0 Å². The second kappa shape index (κ2) is 4.84. The Labute approximate surface area is 94.4 Å². The molecule has 0 amide bonds. The maximum atomic E-state index is 3.51. The number of rotatable bonds is 3. The summed E-state index contributed by atoms with van der Waals surface area (Å²) in [6.45, 7) is 9.95. The molecule has 0 saturated carbocycles. The zero-order valence-corrected chi connectivity index (χ0v) is 10.4. The van der Waals surface area contributed by atoms with E-state index in [2.05, 4.69) is 24.1 Å². The van der Waals surface area contributed by atoms with E-state index in [9.17, 15) is 0 Å². The zero-order chi connectivity index (χ0) is 10.7. The van der Waals surface area contributed by atoms with E-state index in [0.717, 1.165) is 5.92 Å². The molecule has 2 rings (SSSR count). The molecule has 0 aliphatic carbocycles. The van der Waals surface area contributed by atoms with Crippen molar-refractivity contribution in [1.82, 2.24) is 10.2 Å². The fourth-order valence-corrected chi connectivity index (χ4v) is 3.09. The van der Waals surface area contributed by atoms with Gasteiger partial charge in [0.15, 0.2) is 0 Å². The molecule has 2 nitrogen and oxygen atoms in total. The molecular weight excluding hydrogens is 184 g/mol. The first kappa shape index (κ1) is 11.4. The normalized spacial score (nSPS) is 32.0. The highest BCUT2D eigenvalue weighted by atomic mass is 15.2. The molecule has 0 aromatic rings. The Morgan fingerprint density at radius 1 is 1.33 bits per heavy atom. The lowest BCUT2D eigenvalue weighted by Gasteiger charge is -2.33. The molecule has 2 aliphatic rings. The molecular formula is C13H26N2. The highest BCUT2D eigenvalue weighted by molar-refractivity contribution is 4.88. The van der Waals surface area contributed by atoms with Crippen molar-refractivity contribution >= 4 is 0 Å². The Kier molecular flexibility index (Phi) is 3.68. The summed E-state index contributed by atoms with van der Waals surface area (Å²) >= 11 is 0. The number of hydrogen-bond donors (Lipinski definition) is 1. The Bertz CT molecular complexity index is 195. The lowest BCUT2D eigenvalue weighted by Crippen LogP contribution is -2.40. The van der Waals surface area contributed by atoms with Crippen molar-refractivity contribution in [3.8, 4) is 0 Å². The first-order chi connectivity index (χ1) is 7.18. The average Bonchev–Trinajstić information content (AvgIpc) is 2.56. The molecule has 2 heteroatoms. The van der Waals surface area contributed by atoms with E-state index in [-0.39, 0.29) is 0 Å². The van der Waals surface area contributed by atoms with Crippen LogP contribution in [0.25, 0.3) is 0 Å². The summed E-state index contributed by atoms with van der Waals surface area (Å²) in [5, 5.41) is 3.51. The first-order valence-corrected chi connectivity index (χ1v) is 6.64. The molecule has 0 aromatic heterocycles. The summed E-state index contributed by atoms with van der Waals surface area (Å²) in [7, 11) is 0. The summed E-state index contributed by atoms with van der Waals surface area (Å²) in [5.74, 6) is 0.940. The van der Waals surface area contributed by atoms with Gasteiger partial charge in [-0.1, -0.05) is 0 Å². The second-order valence-electron chi connectivity index (χ2n) is 5.90. The highest BCUT2D eigenvalue weighted by Crippen LogP contribution is 2.29. The third kappa shape index (κ3) is 2.94. The Hall–Kier alpha value is -0.0800. The molecule has 0 spiro atoms. The SMILES string of the molecule is CC1(C)CCCN1CCC1CCCNC1. The molecule has 1 atom stereocenters. The minimum absolute atomic E-state index is 0.474. The van der Waals surface area contributed by atoms with Crippen LogP contribution < -0.4 is 5.32 Å². The molecule has 2 saturated heterocycles. The molecule has 2 aliphatic heterocycles. The predicted molar refractivity (Wildman–Crippen MR) is 65.1 cm³/mol. The molecule has 2 heterocycles. The van der Waals surface area contributed by atoms with Crippen molar-refractivity contribution in [2.45, 2.75) is 51.5 Å². The number of hydrogen-bond acceptors (Lipinski definition) is 2. The smallest absolute Gasteiger partial charge is 0.0153 e. The van der Waals surface area contributed by atoms with Crippen LogP contribution in [0.2, 0.25) is 0 Å². The topological polar surface area (TPSA) is 15.3 Å². The largest absolute Gasteiger partial charge is 0.316 e.